The van der Waals surface area contributed by atoms with E-state index in [4.69, 9.17) is 15.6 Å². The number of nitrogens with two attached hydrogens (primary N) is 1. The van der Waals surface area contributed by atoms with E-state index in [-0.39, 0.29) is 12.5 Å². The lowest BCUT2D eigenvalue weighted by atomic mass is 10.1. The van der Waals surface area contributed by atoms with Crippen LogP contribution in [0.1, 0.15) is 31.9 Å². The number of benzene rings is 1. The fourth-order valence-corrected chi connectivity index (χ4v) is 2.74. The Bertz CT molecular complexity index is 975. The summed E-state index contributed by atoms with van der Waals surface area (Å²) in [6.07, 6.45) is 2.51. The number of halogens is 1. The highest BCUT2D eigenvalue weighted by Gasteiger charge is 2.17. The molecule has 0 bridgehead atoms. The monoisotopic (exact) mass is 373 g/mol. The van der Waals surface area contributed by atoms with Gasteiger partial charge < -0.3 is 20.9 Å². The molecule has 2 aromatic heterocycles. The zero-order valence-electron chi connectivity index (χ0n) is 14.9. The Balaban J connectivity index is 1.83. The second kappa shape index (κ2) is 7.48. The van der Waals surface area contributed by atoms with Gasteiger partial charge in [-0.1, -0.05) is 0 Å². The highest BCUT2D eigenvalue weighted by atomic mass is 19.1. The van der Waals surface area contributed by atoms with E-state index in [0.29, 0.717) is 28.5 Å². The van der Waals surface area contributed by atoms with Crippen LogP contribution in [0.4, 0.5) is 15.9 Å². The Labute approximate surface area is 154 Å². The number of aliphatic carboxylic acids is 1. The molecule has 0 aliphatic carbocycles. The summed E-state index contributed by atoms with van der Waals surface area (Å²) in [5, 5.41) is 16.1. The molecule has 1 aromatic carbocycles. The average Bonchev–Trinajstić information content (AvgIpc) is 2.96. The Morgan fingerprint density at radius 1 is 1.41 bits per heavy atom. The van der Waals surface area contributed by atoms with Crippen LogP contribution in [0.5, 0.6) is 5.75 Å². The van der Waals surface area contributed by atoms with Crippen LogP contribution in [0.15, 0.2) is 36.7 Å². The minimum atomic E-state index is -0.965. The molecule has 0 aliphatic heterocycles. The Morgan fingerprint density at radius 2 is 2.19 bits per heavy atom. The minimum absolute atomic E-state index is 0.155. The van der Waals surface area contributed by atoms with Crippen molar-refractivity contribution in [2.45, 2.75) is 32.4 Å². The molecule has 0 amide bonds. The maximum Gasteiger partial charge on any atom is 0.307 e. The van der Waals surface area contributed by atoms with Crippen molar-refractivity contribution < 1.29 is 19.0 Å². The third kappa shape index (κ3) is 4.25. The van der Waals surface area contributed by atoms with Crippen LogP contribution in [0.3, 0.4) is 0 Å². The predicted octanol–water partition coefficient (Wildman–Crippen LogP) is 2.87. The summed E-state index contributed by atoms with van der Waals surface area (Å²) in [6, 6.07) is 5.49. The van der Waals surface area contributed by atoms with E-state index in [1.807, 2.05) is 6.92 Å². The average molecular weight is 373 g/mol. The van der Waals surface area contributed by atoms with Crippen LogP contribution in [-0.2, 0) is 4.79 Å². The summed E-state index contributed by atoms with van der Waals surface area (Å²) in [5.41, 5.74) is 7.35. The first kappa shape index (κ1) is 18.4. The number of hydrogen-bond donors (Lipinski definition) is 3. The van der Waals surface area contributed by atoms with Crippen molar-refractivity contribution in [2.24, 2.45) is 0 Å². The van der Waals surface area contributed by atoms with Gasteiger partial charge in [-0.15, -0.1) is 0 Å². The molecule has 4 N–H and O–H groups in total. The summed E-state index contributed by atoms with van der Waals surface area (Å²) in [6.45, 7) is 3.48. The van der Waals surface area contributed by atoms with Crippen molar-refractivity contribution in [2.75, 3.05) is 11.1 Å². The van der Waals surface area contributed by atoms with Gasteiger partial charge in [-0.05, 0) is 38.1 Å². The number of nitrogens with one attached hydrogen (secondary N) is 1. The molecule has 142 valence electrons. The molecule has 27 heavy (non-hydrogen) atoms. The highest BCUT2D eigenvalue weighted by Crippen LogP contribution is 2.29. The Kier molecular flexibility index (Phi) is 5.11. The molecule has 0 aliphatic rings. The smallest absolute Gasteiger partial charge is 0.307 e. The van der Waals surface area contributed by atoms with Crippen molar-refractivity contribution in [3.63, 3.8) is 0 Å². The molecule has 0 unspecified atom stereocenters. The quantitative estimate of drug-likeness (QED) is 0.583. The van der Waals surface area contributed by atoms with Crippen molar-refractivity contribution in [1.29, 1.82) is 0 Å². The normalized spacial score (nSPS) is 13.3. The molecule has 0 saturated carbocycles. The van der Waals surface area contributed by atoms with Crippen LogP contribution in [0.2, 0.25) is 0 Å². The minimum Gasteiger partial charge on any atom is -0.490 e. The van der Waals surface area contributed by atoms with E-state index in [1.165, 1.54) is 24.4 Å². The molecule has 0 fully saturated rings. The van der Waals surface area contributed by atoms with Gasteiger partial charge in [0.1, 0.15) is 23.5 Å². The first-order chi connectivity index (χ1) is 12.8. The molecule has 0 spiro atoms. The molecular weight excluding hydrogens is 353 g/mol. The number of hydrogen-bond acceptors (Lipinski definition) is 6. The zero-order chi connectivity index (χ0) is 19.6. The van der Waals surface area contributed by atoms with Crippen LogP contribution >= 0.6 is 0 Å². The van der Waals surface area contributed by atoms with Crippen molar-refractivity contribution >= 4 is 23.1 Å². The lowest BCUT2D eigenvalue weighted by Crippen LogP contribution is -2.19. The largest absolute Gasteiger partial charge is 0.490 e. The molecular formula is C18H20FN5O3. The Morgan fingerprint density at radius 3 is 2.93 bits per heavy atom. The fraction of sp³-hybridized carbons (Fsp3) is 0.278. The van der Waals surface area contributed by atoms with Gasteiger partial charge in [0, 0.05) is 11.8 Å². The number of anilines is 2. The zero-order valence-corrected chi connectivity index (χ0v) is 14.9. The van der Waals surface area contributed by atoms with Gasteiger partial charge in [0.2, 0.25) is 0 Å². The number of rotatable bonds is 7. The maximum atomic E-state index is 13.8. The maximum absolute atomic E-state index is 13.8. The number of ether oxygens (including phenoxy) is 1. The van der Waals surface area contributed by atoms with Gasteiger partial charge in [-0.25, -0.2) is 13.9 Å². The second-order valence-electron chi connectivity index (χ2n) is 6.26. The lowest BCUT2D eigenvalue weighted by Gasteiger charge is -2.21. The number of carbonyl (C=O) groups is 1. The number of fused-ring (bicyclic) bond motifs is 1. The number of carboxylic acids is 1. The summed E-state index contributed by atoms with van der Waals surface area (Å²) < 4.78 is 21.0. The van der Waals surface area contributed by atoms with Crippen LogP contribution < -0.4 is 15.8 Å². The molecule has 2 atom stereocenters. The summed E-state index contributed by atoms with van der Waals surface area (Å²) in [7, 11) is 0. The van der Waals surface area contributed by atoms with E-state index in [2.05, 4.69) is 15.4 Å². The standard InChI is InChI=1S/C18H20FN5O3/c1-10(7-17(25)26)27-15-4-3-12(19)8-13(15)11(2)22-16-5-6-24-18(23-16)14(20)9-21-24/h3-6,8-11H,7,20H2,1-2H3,(H,22,23)(H,25,26)/t10-,11+/m0/s1. The molecule has 8 nitrogen and oxygen atoms in total. The van der Waals surface area contributed by atoms with Gasteiger partial charge >= 0.3 is 5.97 Å². The summed E-state index contributed by atoms with van der Waals surface area (Å²) >= 11 is 0. The van der Waals surface area contributed by atoms with Gasteiger partial charge in [0.25, 0.3) is 0 Å². The van der Waals surface area contributed by atoms with Crippen LogP contribution in [0, 0.1) is 5.82 Å². The number of nitrogen functional groups attached to an aromatic ring is 1. The highest BCUT2D eigenvalue weighted by molar-refractivity contribution is 5.67. The number of carboxylic acid groups (broad SMARTS) is 1. The van der Waals surface area contributed by atoms with Gasteiger partial charge in [0.05, 0.1) is 24.3 Å². The van der Waals surface area contributed by atoms with Crippen molar-refractivity contribution in [3.8, 4) is 5.75 Å². The Hall–Kier alpha value is -3.36. The van der Waals surface area contributed by atoms with Gasteiger partial charge in [0.15, 0.2) is 5.65 Å². The molecule has 3 aromatic rings. The van der Waals surface area contributed by atoms with Crippen molar-refractivity contribution in [1.82, 2.24) is 14.6 Å². The third-order valence-electron chi connectivity index (χ3n) is 3.99. The van der Waals surface area contributed by atoms with E-state index >= 15 is 0 Å². The molecule has 0 saturated heterocycles. The second-order valence-corrected chi connectivity index (χ2v) is 6.26. The first-order valence-corrected chi connectivity index (χ1v) is 8.38. The van der Waals surface area contributed by atoms with E-state index < -0.39 is 17.9 Å². The van der Waals surface area contributed by atoms with E-state index in [0.717, 1.165) is 0 Å². The SMILES string of the molecule is C[C@@H](CC(=O)O)Oc1ccc(F)cc1[C@@H](C)Nc1ccn2ncc(N)c2n1. The van der Waals surface area contributed by atoms with E-state index in [9.17, 15) is 9.18 Å². The van der Waals surface area contributed by atoms with E-state index in [1.54, 1.807) is 23.7 Å². The summed E-state index contributed by atoms with van der Waals surface area (Å²) in [5.74, 6) is -0.431. The van der Waals surface area contributed by atoms with Crippen LogP contribution in [0.25, 0.3) is 5.65 Å². The molecule has 0 radical (unpaired) electrons. The molecule has 9 heteroatoms. The van der Waals surface area contributed by atoms with Crippen molar-refractivity contribution in [3.05, 3.63) is 48.0 Å². The molecule has 3 rings (SSSR count). The predicted molar refractivity (Wildman–Crippen MR) is 98.2 cm³/mol. The van der Waals surface area contributed by atoms with Gasteiger partial charge in [-0.3, -0.25) is 4.79 Å². The van der Waals surface area contributed by atoms with Crippen LogP contribution in [-0.4, -0.2) is 31.8 Å². The lowest BCUT2D eigenvalue weighted by molar-refractivity contribution is -0.138. The topological polar surface area (TPSA) is 115 Å². The van der Waals surface area contributed by atoms with Gasteiger partial charge in [-0.2, -0.15) is 5.10 Å². The number of nitrogens with zero attached hydrogens (tertiary/aromatic N) is 3. The molecule has 2 heterocycles. The fourth-order valence-electron chi connectivity index (χ4n) is 2.74. The third-order valence-corrected chi connectivity index (χ3v) is 3.99. The number of aromatic nitrogens is 3. The summed E-state index contributed by atoms with van der Waals surface area (Å²) in [4.78, 5) is 15.3. The first-order valence-electron chi connectivity index (χ1n) is 8.38.